The van der Waals surface area contributed by atoms with Crippen molar-refractivity contribution in [3.8, 4) is 0 Å². The van der Waals surface area contributed by atoms with Crippen molar-refractivity contribution in [2.45, 2.75) is 32.9 Å². The van der Waals surface area contributed by atoms with Gasteiger partial charge in [-0.2, -0.15) is 0 Å². The number of fused-ring (bicyclic) bond motifs is 1. The summed E-state index contributed by atoms with van der Waals surface area (Å²) in [4.78, 5) is 28.3. The van der Waals surface area contributed by atoms with Gasteiger partial charge in [0.25, 0.3) is 0 Å². The van der Waals surface area contributed by atoms with Crippen LogP contribution in [0.3, 0.4) is 0 Å². The summed E-state index contributed by atoms with van der Waals surface area (Å²) in [7, 11) is 0. The molecule has 23 heavy (non-hydrogen) atoms. The molecule has 2 aromatic rings. The van der Waals surface area contributed by atoms with E-state index in [9.17, 15) is 9.59 Å². The van der Waals surface area contributed by atoms with E-state index in [0.29, 0.717) is 18.8 Å². The minimum Gasteiger partial charge on any atom is -0.351 e. The highest BCUT2D eigenvalue weighted by Crippen LogP contribution is 2.20. The van der Waals surface area contributed by atoms with Gasteiger partial charge in [0.2, 0.25) is 11.8 Å². The fourth-order valence-corrected chi connectivity index (χ4v) is 2.38. The van der Waals surface area contributed by atoms with Gasteiger partial charge in [0.1, 0.15) is 12.4 Å². The Morgan fingerprint density at radius 2 is 2.09 bits per heavy atom. The molecule has 0 radical (unpaired) electrons. The zero-order chi connectivity index (χ0) is 16.8. The molecule has 1 unspecified atom stereocenters. The number of benzene rings is 1. The number of carbonyl (C=O) groups is 2. The van der Waals surface area contributed by atoms with Crippen LogP contribution in [-0.2, 0) is 16.1 Å². The van der Waals surface area contributed by atoms with Crippen LogP contribution in [0.25, 0.3) is 11.0 Å². The van der Waals surface area contributed by atoms with Crippen LogP contribution in [0.5, 0.6) is 0 Å². The first-order valence-electron chi connectivity index (χ1n) is 7.69. The largest absolute Gasteiger partial charge is 0.351 e. The number of rotatable bonds is 7. The SMILES string of the molecule is C=CCNC(=O)Cn1c(C(C)NC(=O)CC)nc2ccccc21. The second-order valence-electron chi connectivity index (χ2n) is 5.28. The highest BCUT2D eigenvalue weighted by atomic mass is 16.2. The number of carbonyl (C=O) groups excluding carboxylic acids is 2. The summed E-state index contributed by atoms with van der Waals surface area (Å²) in [6, 6.07) is 7.34. The number of nitrogens with one attached hydrogen (secondary N) is 2. The summed E-state index contributed by atoms with van der Waals surface area (Å²) in [5, 5.41) is 5.65. The van der Waals surface area contributed by atoms with Crippen LogP contribution >= 0.6 is 0 Å². The number of imidazole rings is 1. The number of amides is 2. The lowest BCUT2D eigenvalue weighted by Crippen LogP contribution is -2.31. The Morgan fingerprint density at radius 1 is 1.35 bits per heavy atom. The third kappa shape index (κ3) is 3.97. The van der Waals surface area contributed by atoms with Crippen molar-refractivity contribution in [3.05, 3.63) is 42.7 Å². The molecule has 122 valence electrons. The normalized spacial score (nSPS) is 11.9. The van der Waals surface area contributed by atoms with Crippen molar-refractivity contribution in [1.82, 2.24) is 20.2 Å². The van der Waals surface area contributed by atoms with E-state index in [1.165, 1.54) is 0 Å². The predicted octanol–water partition coefficient (Wildman–Crippen LogP) is 1.93. The summed E-state index contributed by atoms with van der Waals surface area (Å²) in [6.45, 7) is 7.82. The van der Waals surface area contributed by atoms with E-state index in [4.69, 9.17) is 0 Å². The lowest BCUT2D eigenvalue weighted by Gasteiger charge is -2.15. The molecule has 0 spiro atoms. The summed E-state index contributed by atoms with van der Waals surface area (Å²) in [5.74, 6) is 0.497. The van der Waals surface area contributed by atoms with Gasteiger partial charge in [-0.15, -0.1) is 6.58 Å². The van der Waals surface area contributed by atoms with Crippen LogP contribution in [-0.4, -0.2) is 27.9 Å². The van der Waals surface area contributed by atoms with Gasteiger partial charge in [0.15, 0.2) is 0 Å². The van der Waals surface area contributed by atoms with Crippen LogP contribution in [0.2, 0.25) is 0 Å². The van der Waals surface area contributed by atoms with E-state index >= 15 is 0 Å². The van der Waals surface area contributed by atoms with Gasteiger partial charge in [-0.05, 0) is 19.1 Å². The van der Waals surface area contributed by atoms with Crippen LogP contribution in [0.4, 0.5) is 0 Å². The van der Waals surface area contributed by atoms with E-state index in [1.54, 1.807) is 13.0 Å². The fraction of sp³-hybridized carbons (Fsp3) is 0.353. The maximum Gasteiger partial charge on any atom is 0.240 e. The van der Waals surface area contributed by atoms with Crippen LogP contribution in [0.1, 0.15) is 32.1 Å². The van der Waals surface area contributed by atoms with Gasteiger partial charge < -0.3 is 15.2 Å². The molecule has 0 aliphatic carbocycles. The van der Waals surface area contributed by atoms with Gasteiger partial charge in [-0.1, -0.05) is 25.1 Å². The van der Waals surface area contributed by atoms with Crippen molar-refractivity contribution >= 4 is 22.8 Å². The van der Waals surface area contributed by atoms with Gasteiger partial charge in [0.05, 0.1) is 17.1 Å². The molecule has 6 heteroatoms. The molecule has 6 nitrogen and oxygen atoms in total. The highest BCUT2D eigenvalue weighted by molar-refractivity contribution is 5.81. The predicted molar refractivity (Wildman–Crippen MR) is 89.8 cm³/mol. The smallest absolute Gasteiger partial charge is 0.240 e. The molecule has 2 amide bonds. The molecule has 2 rings (SSSR count). The summed E-state index contributed by atoms with van der Waals surface area (Å²) in [5.41, 5.74) is 1.67. The topological polar surface area (TPSA) is 76.0 Å². The molecule has 1 atom stereocenters. The second-order valence-corrected chi connectivity index (χ2v) is 5.28. The maximum atomic E-state index is 12.1. The first-order valence-corrected chi connectivity index (χ1v) is 7.69. The van der Waals surface area contributed by atoms with E-state index in [-0.39, 0.29) is 24.4 Å². The molecule has 0 fully saturated rings. The maximum absolute atomic E-state index is 12.1. The molecule has 0 saturated carbocycles. The average molecular weight is 314 g/mol. The molecule has 1 heterocycles. The monoisotopic (exact) mass is 314 g/mol. The number of nitrogens with zero attached hydrogens (tertiary/aromatic N) is 2. The first-order chi connectivity index (χ1) is 11.1. The van der Waals surface area contributed by atoms with Gasteiger partial charge in [-0.25, -0.2) is 4.98 Å². The van der Waals surface area contributed by atoms with E-state index < -0.39 is 0 Å². The molecule has 0 saturated heterocycles. The molecule has 0 bridgehead atoms. The lowest BCUT2D eigenvalue weighted by molar-refractivity contribution is -0.121. The molecule has 0 aliphatic heterocycles. The zero-order valence-corrected chi connectivity index (χ0v) is 13.5. The van der Waals surface area contributed by atoms with Crippen LogP contribution in [0, 0.1) is 0 Å². The number of para-hydroxylation sites is 2. The average Bonchev–Trinajstić information content (AvgIpc) is 2.91. The molecule has 1 aromatic heterocycles. The summed E-state index contributed by atoms with van der Waals surface area (Å²) >= 11 is 0. The third-order valence-corrected chi connectivity index (χ3v) is 3.52. The number of aromatic nitrogens is 2. The van der Waals surface area contributed by atoms with E-state index in [2.05, 4.69) is 22.2 Å². The summed E-state index contributed by atoms with van der Waals surface area (Å²) in [6.07, 6.45) is 2.04. The Kier molecular flexibility index (Phi) is 5.51. The Labute approximate surface area is 135 Å². The molecule has 0 aliphatic rings. The van der Waals surface area contributed by atoms with Crippen molar-refractivity contribution in [1.29, 1.82) is 0 Å². The highest BCUT2D eigenvalue weighted by Gasteiger charge is 2.19. The lowest BCUT2D eigenvalue weighted by atomic mass is 10.3. The standard InChI is InChI=1S/C17H22N4O2/c1-4-10-18-16(23)11-21-14-9-7-6-8-13(14)20-17(21)12(3)19-15(22)5-2/h4,6-9,12H,1,5,10-11H2,2-3H3,(H,18,23)(H,19,22). The Bertz CT molecular complexity index is 720. The third-order valence-electron chi connectivity index (χ3n) is 3.52. The quantitative estimate of drug-likeness (QED) is 0.767. The zero-order valence-electron chi connectivity index (χ0n) is 13.5. The van der Waals surface area contributed by atoms with E-state index in [0.717, 1.165) is 11.0 Å². The second kappa shape index (κ2) is 7.58. The van der Waals surface area contributed by atoms with Crippen molar-refractivity contribution < 1.29 is 9.59 Å². The first kappa shape index (κ1) is 16.7. The van der Waals surface area contributed by atoms with Crippen molar-refractivity contribution in [2.75, 3.05) is 6.54 Å². The molecular formula is C17H22N4O2. The number of hydrogen-bond acceptors (Lipinski definition) is 3. The number of hydrogen-bond donors (Lipinski definition) is 2. The van der Waals surface area contributed by atoms with Crippen molar-refractivity contribution in [2.24, 2.45) is 0 Å². The van der Waals surface area contributed by atoms with Crippen LogP contribution < -0.4 is 10.6 Å². The van der Waals surface area contributed by atoms with Gasteiger partial charge in [-0.3, -0.25) is 9.59 Å². The van der Waals surface area contributed by atoms with Gasteiger partial charge in [0, 0.05) is 13.0 Å². The molecule has 2 N–H and O–H groups in total. The molecular weight excluding hydrogens is 292 g/mol. The van der Waals surface area contributed by atoms with E-state index in [1.807, 2.05) is 35.8 Å². The summed E-state index contributed by atoms with van der Waals surface area (Å²) < 4.78 is 1.84. The van der Waals surface area contributed by atoms with Crippen molar-refractivity contribution in [3.63, 3.8) is 0 Å². The van der Waals surface area contributed by atoms with Gasteiger partial charge >= 0.3 is 0 Å². The Balaban J connectivity index is 2.34. The molecule has 1 aromatic carbocycles. The fourth-order valence-electron chi connectivity index (χ4n) is 2.38. The Hall–Kier alpha value is -2.63. The Morgan fingerprint density at radius 3 is 2.78 bits per heavy atom. The minimum atomic E-state index is -0.276. The minimum absolute atomic E-state index is 0.0489. The van der Waals surface area contributed by atoms with Crippen LogP contribution in [0.15, 0.2) is 36.9 Å².